The van der Waals surface area contributed by atoms with Gasteiger partial charge in [0, 0.05) is 11.1 Å². The summed E-state index contributed by atoms with van der Waals surface area (Å²) in [5, 5.41) is 5.03. The highest BCUT2D eigenvalue weighted by atomic mass is 35.5. The van der Waals surface area contributed by atoms with E-state index in [1.165, 1.54) is 35.1 Å². The fourth-order valence-corrected chi connectivity index (χ4v) is 4.56. The Bertz CT molecular complexity index is 1250. The lowest BCUT2D eigenvalue weighted by atomic mass is 10.1. The van der Waals surface area contributed by atoms with E-state index in [-0.39, 0.29) is 10.6 Å². The van der Waals surface area contributed by atoms with Gasteiger partial charge in [0.05, 0.1) is 27.3 Å². The van der Waals surface area contributed by atoms with E-state index in [0.29, 0.717) is 27.2 Å². The van der Waals surface area contributed by atoms with Gasteiger partial charge in [-0.15, -0.1) is 0 Å². The second-order valence-electron chi connectivity index (χ2n) is 7.21. The highest BCUT2D eigenvalue weighted by Crippen LogP contribution is 2.39. The number of aryl methyl sites for hydroxylation is 1. The summed E-state index contributed by atoms with van der Waals surface area (Å²) in [6, 6.07) is 11.4. The first-order valence-corrected chi connectivity index (χ1v) is 10.6. The van der Waals surface area contributed by atoms with Gasteiger partial charge in [-0.25, -0.2) is 13.8 Å². The third-order valence-electron chi connectivity index (χ3n) is 4.82. The first kappa shape index (κ1) is 22.4. The van der Waals surface area contributed by atoms with Crippen molar-refractivity contribution in [3.63, 3.8) is 0 Å². The van der Waals surface area contributed by atoms with Crippen molar-refractivity contribution in [3.8, 4) is 5.69 Å². The molecule has 0 radical (unpaired) electrons. The molecule has 1 atom stereocenters. The van der Waals surface area contributed by atoms with Gasteiger partial charge in [0.1, 0.15) is 11.9 Å². The van der Waals surface area contributed by atoms with E-state index in [0.717, 1.165) is 17.5 Å². The van der Waals surface area contributed by atoms with Crippen molar-refractivity contribution >= 4 is 40.1 Å². The van der Waals surface area contributed by atoms with Crippen molar-refractivity contribution < 1.29 is 17.6 Å². The minimum absolute atomic E-state index is 0.0120. The maximum atomic E-state index is 13.9. The highest BCUT2D eigenvalue weighted by molar-refractivity contribution is 7.97. The van der Waals surface area contributed by atoms with E-state index in [4.69, 9.17) is 17.3 Å². The van der Waals surface area contributed by atoms with Gasteiger partial charge >= 0.3 is 6.18 Å². The van der Waals surface area contributed by atoms with Crippen LogP contribution in [0.3, 0.4) is 0 Å². The van der Waals surface area contributed by atoms with Gasteiger partial charge in [-0.1, -0.05) is 17.7 Å². The molecule has 0 aliphatic carbocycles. The zero-order valence-electron chi connectivity index (χ0n) is 16.6. The molecule has 0 aliphatic heterocycles. The summed E-state index contributed by atoms with van der Waals surface area (Å²) in [4.78, 5) is 0.330. The molecular formula is C22H17ClF4N4S. The molecule has 4 rings (SSSR count). The SMILES string of the molecule is Cc1cc(N)c(SNC(c2ccc3c(cnn3-c3ccc(F)cc3)c2)C(F)(F)F)c(Cl)c1. The van der Waals surface area contributed by atoms with Crippen molar-refractivity contribution in [1.29, 1.82) is 0 Å². The Morgan fingerprint density at radius 2 is 1.81 bits per heavy atom. The van der Waals surface area contributed by atoms with Crippen molar-refractivity contribution in [2.75, 3.05) is 5.73 Å². The summed E-state index contributed by atoms with van der Waals surface area (Å²) >= 11 is 6.91. The molecule has 1 aromatic heterocycles. The summed E-state index contributed by atoms with van der Waals surface area (Å²) in [6.45, 7) is 1.80. The van der Waals surface area contributed by atoms with Crippen LogP contribution >= 0.6 is 23.5 Å². The van der Waals surface area contributed by atoms with Gasteiger partial charge in [0.25, 0.3) is 0 Å². The Hall–Kier alpha value is -2.75. The number of fused-ring (bicyclic) bond motifs is 1. The maximum absolute atomic E-state index is 13.9. The molecule has 0 bridgehead atoms. The van der Waals surface area contributed by atoms with E-state index in [1.54, 1.807) is 37.3 Å². The fraction of sp³-hybridized carbons (Fsp3) is 0.136. The molecule has 4 aromatic rings. The Balaban J connectivity index is 1.65. The quantitative estimate of drug-likeness (QED) is 0.192. The fourth-order valence-electron chi connectivity index (χ4n) is 3.32. The Kier molecular flexibility index (Phi) is 6.07. The lowest BCUT2D eigenvalue weighted by Crippen LogP contribution is -2.30. The largest absolute Gasteiger partial charge is 0.408 e. The van der Waals surface area contributed by atoms with Gasteiger partial charge < -0.3 is 5.73 Å². The number of alkyl halides is 3. The average molecular weight is 481 g/mol. The normalized spacial score (nSPS) is 12.9. The van der Waals surface area contributed by atoms with Crippen LogP contribution in [0.5, 0.6) is 0 Å². The first-order chi connectivity index (χ1) is 15.1. The number of anilines is 1. The molecule has 4 nitrogen and oxygen atoms in total. The van der Waals surface area contributed by atoms with E-state index in [2.05, 4.69) is 9.82 Å². The van der Waals surface area contributed by atoms with Crippen molar-refractivity contribution in [2.24, 2.45) is 0 Å². The molecule has 166 valence electrons. The summed E-state index contributed by atoms with van der Waals surface area (Å²) in [5.74, 6) is -0.390. The molecular weight excluding hydrogens is 464 g/mol. The number of halogens is 5. The molecule has 1 unspecified atom stereocenters. The van der Waals surface area contributed by atoms with Crippen LogP contribution in [0.25, 0.3) is 16.6 Å². The predicted molar refractivity (Wildman–Crippen MR) is 119 cm³/mol. The van der Waals surface area contributed by atoms with Gasteiger partial charge in [-0.3, -0.25) is 0 Å². The molecule has 10 heteroatoms. The maximum Gasteiger partial charge on any atom is 0.408 e. The number of hydrogen-bond acceptors (Lipinski definition) is 4. The molecule has 0 aliphatic rings. The number of aromatic nitrogens is 2. The number of rotatable bonds is 5. The molecule has 3 N–H and O–H groups in total. The number of nitrogens with one attached hydrogen (secondary N) is 1. The third-order valence-corrected chi connectivity index (χ3v) is 6.24. The number of nitrogen functional groups attached to an aromatic ring is 1. The lowest BCUT2D eigenvalue weighted by Gasteiger charge is -2.22. The van der Waals surface area contributed by atoms with E-state index >= 15 is 0 Å². The molecule has 3 aromatic carbocycles. The molecule has 0 spiro atoms. The van der Waals surface area contributed by atoms with Crippen molar-refractivity contribution in [3.05, 3.63) is 82.8 Å². The molecule has 1 heterocycles. The summed E-state index contributed by atoms with van der Waals surface area (Å²) < 4.78 is 58.9. The van der Waals surface area contributed by atoms with Crippen molar-refractivity contribution in [2.45, 2.75) is 24.0 Å². The van der Waals surface area contributed by atoms with E-state index < -0.39 is 18.0 Å². The van der Waals surface area contributed by atoms with Crippen LogP contribution in [0, 0.1) is 12.7 Å². The number of benzene rings is 3. The van der Waals surface area contributed by atoms with Gasteiger partial charge in [0.15, 0.2) is 0 Å². The smallest absolute Gasteiger partial charge is 0.398 e. The van der Waals surface area contributed by atoms with Crippen LogP contribution < -0.4 is 10.5 Å². The molecule has 0 saturated heterocycles. The van der Waals surface area contributed by atoms with Gasteiger partial charge in [0.2, 0.25) is 0 Å². The molecule has 0 amide bonds. The van der Waals surface area contributed by atoms with E-state index in [1.807, 2.05) is 0 Å². The minimum Gasteiger partial charge on any atom is -0.398 e. The lowest BCUT2D eigenvalue weighted by molar-refractivity contribution is -0.152. The standard InChI is InChI=1S/C22H17ClF4N4S/c1-12-8-17(23)20(18(28)9-12)32-30-21(22(25,26)27)13-2-7-19-14(10-13)11-29-31(19)16-5-3-15(24)4-6-16/h2-11,21,30H,28H2,1H3. The van der Waals surface area contributed by atoms with Crippen LogP contribution in [0.1, 0.15) is 17.2 Å². The van der Waals surface area contributed by atoms with Gasteiger partial charge in [-0.2, -0.15) is 18.3 Å². The second kappa shape index (κ2) is 8.65. The highest BCUT2D eigenvalue weighted by Gasteiger charge is 2.41. The Morgan fingerprint density at radius 3 is 2.47 bits per heavy atom. The second-order valence-corrected chi connectivity index (χ2v) is 8.47. The van der Waals surface area contributed by atoms with Gasteiger partial charge in [-0.05, 0) is 78.5 Å². The summed E-state index contributed by atoms with van der Waals surface area (Å²) in [5.41, 5.74) is 8.25. The zero-order chi connectivity index (χ0) is 23.0. The number of nitrogens with zero attached hydrogens (tertiary/aromatic N) is 2. The molecule has 32 heavy (non-hydrogen) atoms. The summed E-state index contributed by atoms with van der Waals surface area (Å²) in [6.07, 6.45) is -3.10. The van der Waals surface area contributed by atoms with E-state index in [9.17, 15) is 17.6 Å². The monoisotopic (exact) mass is 480 g/mol. The first-order valence-electron chi connectivity index (χ1n) is 9.42. The van der Waals surface area contributed by atoms with Crippen LogP contribution in [0.4, 0.5) is 23.2 Å². The third kappa shape index (κ3) is 4.55. The Morgan fingerprint density at radius 1 is 1.09 bits per heavy atom. The number of hydrogen-bond donors (Lipinski definition) is 2. The van der Waals surface area contributed by atoms with Crippen LogP contribution in [-0.2, 0) is 0 Å². The van der Waals surface area contributed by atoms with Crippen LogP contribution in [0.15, 0.2) is 65.7 Å². The topological polar surface area (TPSA) is 55.9 Å². The molecule has 0 fully saturated rings. The molecule has 0 saturated carbocycles. The number of nitrogens with two attached hydrogens (primary N) is 1. The van der Waals surface area contributed by atoms with Crippen molar-refractivity contribution in [1.82, 2.24) is 14.5 Å². The van der Waals surface area contributed by atoms with Crippen LogP contribution in [0.2, 0.25) is 5.02 Å². The van der Waals surface area contributed by atoms with Crippen LogP contribution in [-0.4, -0.2) is 16.0 Å². The minimum atomic E-state index is -4.57. The average Bonchev–Trinajstić information content (AvgIpc) is 3.13. The zero-order valence-corrected chi connectivity index (χ0v) is 18.2. The summed E-state index contributed by atoms with van der Waals surface area (Å²) in [7, 11) is 0. The predicted octanol–water partition coefficient (Wildman–Crippen LogP) is 6.61. The Labute approximate surface area is 190 Å².